The second-order valence-electron chi connectivity index (χ2n) is 6.92. The van der Waals surface area contributed by atoms with Crippen LogP contribution in [-0.4, -0.2) is 67.0 Å². The fraction of sp³-hybridized carbons (Fsp3) is 0.500. The minimum Gasteiger partial charge on any atom is -0.472 e. The zero-order valence-corrected chi connectivity index (χ0v) is 15.3. The van der Waals surface area contributed by atoms with Crippen LogP contribution in [0.3, 0.4) is 0 Å². The Balaban J connectivity index is 1.84. The molecule has 1 fully saturated rings. The summed E-state index contributed by atoms with van der Waals surface area (Å²) < 4.78 is 5.15. The molecular weight excluding hydrogens is 318 g/mol. The van der Waals surface area contributed by atoms with Gasteiger partial charge < -0.3 is 14.2 Å². The zero-order chi connectivity index (χ0) is 18.0. The Morgan fingerprint density at radius 3 is 2.80 bits per heavy atom. The monoisotopic (exact) mass is 343 g/mol. The van der Waals surface area contributed by atoms with Crippen molar-refractivity contribution in [1.82, 2.24) is 19.8 Å². The second kappa shape index (κ2) is 7.23. The van der Waals surface area contributed by atoms with Crippen LogP contribution in [0.25, 0.3) is 0 Å². The molecule has 1 saturated heterocycles. The van der Waals surface area contributed by atoms with Crippen molar-refractivity contribution in [3.05, 3.63) is 41.6 Å². The summed E-state index contributed by atoms with van der Waals surface area (Å²) in [4.78, 5) is 27.4. The Bertz CT molecular complexity index is 727. The lowest BCUT2D eigenvalue weighted by Gasteiger charge is -2.20. The van der Waals surface area contributed by atoms with Crippen LogP contribution in [0.5, 0.6) is 0 Å². The molecular formula is C18H25N5O2. The molecule has 0 aromatic carbocycles. The molecule has 1 aliphatic rings. The van der Waals surface area contributed by atoms with Gasteiger partial charge in [0.2, 0.25) is 5.95 Å². The van der Waals surface area contributed by atoms with Gasteiger partial charge in [-0.1, -0.05) is 0 Å². The molecule has 2 aromatic rings. The summed E-state index contributed by atoms with van der Waals surface area (Å²) in [7, 11) is 7.33. The fourth-order valence-corrected chi connectivity index (χ4v) is 3.16. The van der Waals surface area contributed by atoms with Gasteiger partial charge in [-0.15, -0.1) is 0 Å². The molecule has 1 aliphatic heterocycles. The van der Waals surface area contributed by atoms with Crippen molar-refractivity contribution in [2.45, 2.75) is 18.9 Å². The largest absolute Gasteiger partial charge is 0.472 e. The Morgan fingerprint density at radius 1 is 1.36 bits per heavy atom. The first-order valence-corrected chi connectivity index (χ1v) is 8.45. The maximum atomic E-state index is 12.5. The number of carbonyl (C=O) groups is 1. The molecule has 1 amide bonds. The van der Waals surface area contributed by atoms with E-state index in [-0.39, 0.29) is 11.8 Å². The molecule has 1 atom stereocenters. The lowest BCUT2D eigenvalue weighted by molar-refractivity contribution is 0.0825. The van der Waals surface area contributed by atoms with Gasteiger partial charge in [0.15, 0.2) is 0 Å². The molecule has 134 valence electrons. The van der Waals surface area contributed by atoms with E-state index in [1.54, 1.807) is 37.7 Å². The Labute approximate surface area is 148 Å². The van der Waals surface area contributed by atoms with E-state index in [4.69, 9.17) is 9.40 Å². The predicted molar refractivity (Wildman–Crippen MR) is 95.7 cm³/mol. The molecule has 1 unspecified atom stereocenters. The third kappa shape index (κ3) is 3.82. The lowest BCUT2D eigenvalue weighted by Crippen LogP contribution is -2.26. The molecule has 0 spiro atoms. The van der Waals surface area contributed by atoms with Gasteiger partial charge in [0.05, 0.1) is 23.8 Å². The SMILES string of the molecule is CN(C)C(=O)c1cnc(N(C)C)nc1C1CCN(Cc2ccoc2)C1. The summed E-state index contributed by atoms with van der Waals surface area (Å²) in [6.45, 7) is 2.71. The summed E-state index contributed by atoms with van der Waals surface area (Å²) in [6.07, 6.45) is 6.13. The van der Waals surface area contributed by atoms with Gasteiger partial charge in [-0.2, -0.15) is 0 Å². The highest BCUT2D eigenvalue weighted by Gasteiger charge is 2.30. The maximum absolute atomic E-state index is 12.5. The van der Waals surface area contributed by atoms with Gasteiger partial charge in [-0.25, -0.2) is 9.97 Å². The van der Waals surface area contributed by atoms with E-state index >= 15 is 0 Å². The van der Waals surface area contributed by atoms with Gasteiger partial charge >= 0.3 is 0 Å². The van der Waals surface area contributed by atoms with Crippen molar-refractivity contribution >= 4 is 11.9 Å². The van der Waals surface area contributed by atoms with Crippen LogP contribution < -0.4 is 4.90 Å². The molecule has 7 nitrogen and oxygen atoms in total. The molecule has 25 heavy (non-hydrogen) atoms. The number of nitrogens with zero attached hydrogens (tertiary/aromatic N) is 5. The van der Waals surface area contributed by atoms with Gasteiger partial charge in [0.25, 0.3) is 5.91 Å². The van der Waals surface area contributed by atoms with Crippen LogP contribution in [0.2, 0.25) is 0 Å². The highest BCUT2D eigenvalue weighted by atomic mass is 16.3. The summed E-state index contributed by atoms with van der Waals surface area (Å²) in [6, 6.07) is 1.99. The average molecular weight is 343 g/mol. The summed E-state index contributed by atoms with van der Waals surface area (Å²) >= 11 is 0. The first kappa shape index (κ1) is 17.4. The quantitative estimate of drug-likeness (QED) is 0.825. The maximum Gasteiger partial charge on any atom is 0.256 e. The number of hydrogen-bond donors (Lipinski definition) is 0. The molecule has 0 saturated carbocycles. The highest BCUT2D eigenvalue weighted by Crippen LogP contribution is 2.30. The molecule has 3 rings (SSSR count). The number of anilines is 1. The van der Waals surface area contributed by atoms with E-state index < -0.39 is 0 Å². The number of rotatable bonds is 5. The van der Waals surface area contributed by atoms with Crippen molar-refractivity contribution in [2.24, 2.45) is 0 Å². The van der Waals surface area contributed by atoms with Crippen molar-refractivity contribution in [3.63, 3.8) is 0 Å². The molecule has 3 heterocycles. The molecule has 0 radical (unpaired) electrons. The van der Waals surface area contributed by atoms with Crippen molar-refractivity contribution in [1.29, 1.82) is 0 Å². The van der Waals surface area contributed by atoms with E-state index in [1.165, 1.54) is 5.56 Å². The van der Waals surface area contributed by atoms with Gasteiger partial charge in [0.1, 0.15) is 0 Å². The number of aromatic nitrogens is 2. The molecule has 0 N–H and O–H groups in total. The Kier molecular flexibility index (Phi) is 5.03. The van der Waals surface area contributed by atoms with E-state index in [0.29, 0.717) is 11.5 Å². The number of amides is 1. The highest BCUT2D eigenvalue weighted by molar-refractivity contribution is 5.95. The zero-order valence-electron chi connectivity index (χ0n) is 15.3. The van der Waals surface area contributed by atoms with E-state index in [1.807, 2.05) is 25.1 Å². The van der Waals surface area contributed by atoms with Crippen LogP contribution >= 0.6 is 0 Å². The van der Waals surface area contributed by atoms with Crippen LogP contribution in [0, 0.1) is 0 Å². The first-order chi connectivity index (χ1) is 12.0. The average Bonchev–Trinajstić information content (AvgIpc) is 3.26. The Hall–Kier alpha value is -2.41. The van der Waals surface area contributed by atoms with Crippen LogP contribution in [0.1, 0.15) is 34.0 Å². The number of hydrogen-bond acceptors (Lipinski definition) is 6. The predicted octanol–water partition coefficient (Wildman–Crippen LogP) is 1.83. The normalized spacial score (nSPS) is 17.7. The van der Waals surface area contributed by atoms with Gasteiger partial charge in [-0.3, -0.25) is 9.69 Å². The van der Waals surface area contributed by atoms with Crippen LogP contribution in [0.15, 0.2) is 29.2 Å². The van der Waals surface area contributed by atoms with E-state index in [2.05, 4.69) is 9.88 Å². The van der Waals surface area contributed by atoms with Crippen molar-refractivity contribution in [2.75, 3.05) is 46.2 Å². The summed E-state index contributed by atoms with van der Waals surface area (Å²) in [5.74, 6) is 0.819. The van der Waals surface area contributed by atoms with E-state index in [9.17, 15) is 4.79 Å². The first-order valence-electron chi connectivity index (χ1n) is 8.45. The topological polar surface area (TPSA) is 65.7 Å². The lowest BCUT2D eigenvalue weighted by atomic mass is 9.99. The number of likely N-dealkylation sites (tertiary alicyclic amines) is 1. The second-order valence-corrected chi connectivity index (χ2v) is 6.92. The molecule has 2 aromatic heterocycles. The minimum atomic E-state index is -0.0476. The number of carbonyl (C=O) groups excluding carboxylic acids is 1. The van der Waals surface area contributed by atoms with Crippen molar-refractivity contribution < 1.29 is 9.21 Å². The third-order valence-corrected chi connectivity index (χ3v) is 4.49. The van der Waals surface area contributed by atoms with Crippen LogP contribution in [0.4, 0.5) is 5.95 Å². The standard InChI is InChI=1S/C18H25N5O2/c1-21(2)17(24)15-9-19-18(22(3)4)20-16(15)14-5-7-23(11-14)10-13-6-8-25-12-13/h6,8-9,12,14H,5,7,10-11H2,1-4H3. The minimum absolute atomic E-state index is 0.0476. The fourth-order valence-electron chi connectivity index (χ4n) is 3.16. The molecule has 7 heteroatoms. The third-order valence-electron chi connectivity index (χ3n) is 4.49. The smallest absolute Gasteiger partial charge is 0.256 e. The van der Waals surface area contributed by atoms with E-state index in [0.717, 1.165) is 31.7 Å². The Morgan fingerprint density at radius 2 is 2.16 bits per heavy atom. The van der Waals surface area contributed by atoms with Crippen molar-refractivity contribution in [3.8, 4) is 0 Å². The van der Waals surface area contributed by atoms with Gasteiger partial charge in [0, 0.05) is 59.0 Å². The molecule has 0 aliphatic carbocycles. The summed E-state index contributed by atoms with van der Waals surface area (Å²) in [5, 5.41) is 0. The number of furan rings is 1. The summed E-state index contributed by atoms with van der Waals surface area (Å²) in [5.41, 5.74) is 2.62. The molecule has 0 bridgehead atoms. The van der Waals surface area contributed by atoms with Gasteiger partial charge in [-0.05, 0) is 19.0 Å². The van der Waals surface area contributed by atoms with Crippen LogP contribution in [-0.2, 0) is 6.54 Å².